The lowest BCUT2D eigenvalue weighted by Gasteiger charge is -2.11. The molecule has 106 valence electrons. The molecular weight excluding hydrogens is 353 g/mol. The van der Waals surface area contributed by atoms with Crippen molar-refractivity contribution < 1.29 is 17.9 Å². The molecule has 0 aromatic heterocycles. The first-order chi connectivity index (χ1) is 9.92. The van der Waals surface area contributed by atoms with Crippen LogP contribution in [-0.4, -0.2) is 6.61 Å². The first-order valence-electron chi connectivity index (χ1n) is 5.08. The van der Waals surface area contributed by atoms with E-state index in [9.17, 15) is 13.2 Å². The van der Waals surface area contributed by atoms with E-state index in [1.165, 1.54) is 18.2 Å². The van der Waals surface area contributed by atoms with Crippen LogP contribution in [0.3, 0.4) is 0 Å². The van der Waals surface area contributed by atoms with Crippen molar-refractivity contribution in [1.82, 2.24) is 0 Å². The summed E-state index contributed by atoms with van der Waals surface area (Å²) in [5.74, 6) is -1.44. The minimum atomic E-state index is -3.13. The van der Waals surface area contributed by atoms with Crippen LogP contribution in [0.1, 0.15) is 0 Å². The average molecular weight is 357 g/mol. The maximum absolute atomic E-state index is 13.7. The van der Waals surface area contributed by atoms with E-state index in [4.69, 9.17) is 15.8 Å². The second-order valence-corrected chi connectivity index (χ2v) is 4.21. The molecule has 0 radical (unpaired) electrons. The van der Waals surface area contributed by atoms with Crippen LogP contribution in [0.2, 0.25) is 0 Å². The Labute approximate surface area is 125 Å². The number of hydrogen-bond donors (Lipinski definition) is 1. The number of halogens is 4. The second-order valence-electron chi connectivity index (χ2n) is 3.35. The zero-order valence-electron chi connectivity index (χ0n) is 9.99. The molecule has 0 bridgehead atoms. The molecule has 9 heteroatoms. The normalized spacial score (nSPS) is 9.24. The molecule has 0 atom stereocenters. The third-order valence-corrected chi connectivity index (χ3v) is 2.70. The van der Waals surface area contributed by atoms with Crippen LogP contribution in [-0.2, 0) is 0 Å². The number of hydrogen-bond acceptors (Lipinski definition) is 5. The number of allylic oxidation sites excluding steroid dienone is 2. The Morgan fingerprint density at radius 1 is 1.19 bits per heavy atom. The molecule has 1 aromatic carbocycles. The van der Waals surface area contributed by atoms with Crippen molar-refractivity contribution in [3.63, 3.8) is 0 Å². The molecule has 0 spiro atoms. The lowest BCUT2D eigenvalue weighted by atomic mass is 10.2. The summed E-state index contributed by atoms with van der Waals surface area (Å²) in [5, 5.41) is 28.4. The van der Waals surface area contributed by atoms with Gasteiger partial charge in [0.05, 0.1) is 10.2 Å². The van der Waals surface area contributed by atoms with Gasteiger partial charge in [0.2, 0.25) is 0 Å². The van der Waals surface area contributed by atoms with Crippen molar-refractivity contribution >= 4 is 21.6 Å². The molecule has 0 aliphatic heterocycles. The molecule has 0 saturated heterocycles. The second kappa shape index (κ2) is 7.18. The zero-order chi connectivity index (χ0) is 16.0. The monoisotopic (exact) mass is 356 g/mol. The average Bonchev–Trinajstić information content (AvgIpc) is 2.43. The van der Waals surface area contributed by atoms with Crippen LogP contribution in [0, 0.1) is 39.8 Å². The van der Waals surface area contributed by atoms with E-state index in [0.29, 0.717) is 6.07 Å². The number of nitriles is 3. The quantitative estimate of drug-likeness (QED) is 0.834. The highest BCUT2D eigenvalue weighted by Gasteiger charge is 2.15. The van der Waals surface area contributed by atoms with E-state index < -0.39 is 29.4 Å². The lowest BCUT2D eigenvalue weighted by Crippen LogP contribution is -2.06. The molecule has 1 N–H and O–H groups in total. The topological polar surface area (TPSA) is 92.6 Å². The van der Waals surface area contributed by atoms with Crippen LogP contribution in [0.15, 0.2) is 27.9 Å². The molecule has 0 aliphatic rings. The SMILES string of the molecule is N#CC(C#N)=C(C#N)Nc1cc(Br)c(OC(F)F)cc1F. The van der Waals surface area contributed by atoms with E-state index >= 15 is 0 Å². The molecular formula is C12H4BrF3N4O. The molecule has 1 aromatic rings. The van der Waals surface area contributed by atoms with Crippen LogP contribution in [0.5, 0.6) is 5.75 Å². The fourth-order valence-electron chi connectivity index (χ4n) is 1.23. The number of ether oxygens (including phenoxy) is 1. The fraction of sp³-hybridized carbons (Fsp3) is 0.0833. The molecule has 0 amide bonds. The Bertz CT molecular complexity index is 697. The Hall–Kier alpha value is -2.70. The molecule has 0 heterocycles. The summed E-state index contributed by atoms with van der Waals surface area (Å²) in [6.45, 7) is -3.13. The fourth-order valence-corrected chi connectivity index (χ4v) is 1.67. The molecule has 0 aliphatic carbocycles. The Morgan fingerprint density at radius 2 is 1.81 bits per heavy atom. The van der Waals surface area contributed by atoms with Crippen LogP contribution < -0.4 is 10.1 Å². The summed E-state index contributed by atoms with van der Waals surface area (Å²) in [5.41, 5.74) is -1.29. The van der Waals surface area contributed by atoms with E-state index in [1.807, 2.05) is 0 Å². The van der Waals surface area contributed by atoms with Gasteiger partial charge in [0.1, 0.15) is 35.5 Å². The maximum Gasteiger partial charge on any atom is 0.387 e. The van der Waals surface area contributed by atoms with Crippen molar-refractivity contribution in [2.45, 2.75) is 6.61 Å². The third-order valence-electron chi connectivity index (χ3n) is 2.08. The molecule has 1 rings (SSSR count). The van der Waals surface area contributed by atoms with Crippen LogP contribution in [0.4, 0.5) is 18.9 Å². The van der Waals surface area contributed by atoms with Gasteiger partial charge >= 0.3 is 6.61 Å². The predicted octanol–water partition coefficient (Wildman–Crippen LogP) is 3.43. The van der Waals surface area contributed by atoms with E-state index in [1.54, 1.807) is 0 Å². The number of anilines is 1. The maximum atomic E-state index is 13.7. The molecule has 0 fully saturated rings. The van der Waals surface area contributed by atoms with E-state index in [-0.39, 0.29) is 10.2 Å². The standard InChI is InChI=1S/C12H4BrF3N4O/c13-7-1-9(8(14)2-11(7)21-12(15)16)20-10(5-19)6(3-17)4-18/h1-2,12,20H. The molecule has 0 unspecified atom stereocenters. The van der Waals surface area contributed by atoms with E-state index in [2.05, 4.69) is 26.0 Å². The van der Waals surface area contributed by atoms with Gasteiger partial charge in [0.15, 0.2) is 5.57 Å². The Kier molecular flexibility index (Phi) is 5.59. The van der Waals surface area contributed by atoms with Crippen molar-refractivity contribution in [3.05, 3.63) is 33.7 Å². The minimum Gasteiger partial charge on any atom is -0.434 e. The summed E-state index contributed by atoms with van der Waals surface area (Å²) < 4.78 is 42.0. The minimum absolute atomic E-state index is 0.000505. The Balaban J connectivity index is 3.21. The number of nitrogens with one attached hydrogen (secondary N) is 1. The van der Waals surface area contributed by atoms with Gasteiger partial charge in [-0.3, -0.25) is 0 Å². The summed E-state index contributed by atoms with van der Waals surface area (Å²) in [6, 6.07) is 6.19. The molecule has 5 nitrogen and oxygen atoms in total. The van der Waals surface area contributed by atoms with Gasteiger partial charge in [-0.15, -0.1) is 0 Å². The largest absolute Gasteiger partial charge is 0.434 e. The van der Waals surface area contributed by atoms with Crippen molar-refractivity contribution in [1.29, 1.82) is 15.8 Å². The summed E-state index contributed by atoms with van der Waals surface area (Å²) in [7, 11) is 0. The summed E-state index contributed by atoms with van der Waals surface area (Å²) in [6.07, 6.45) is 0. The molecule has 21 heavy (non-hydrogen) atoms. The Morgan fingerprint density at radius 3 is 2.29 bits per heavy atom. The van der Waals surface area contributed by atoms with Gasteiger partial charge in [-0.2, -0.15) is 24.6 Å². The van der Waals surface area contributed by atoms with Gasteiger partial charge < -0.3 is 10.1 Å². The summed E-state index contributed by atoms with van der Waals surface area (Å²) in [4.78, 5) is 0. The van der Waals surface area contributed by atoms with Crippen LogP contribution in [0.25, 0.3) is 0 Å². The smallest absolute Gasteiger partial charge is 0.387 e. The first-order valence-corrected chi connectivity index (χ1v) is 5.87. The van der Waals surface area contributed by atoms with Crippen molar-refractivity contribution in [2.75, 3.05) is 5.32 Å². The predicted molar refractivity (Wildman–Crippen MR) is 68.2 cm³/mol. The summed E-state index contributed by atoms with van der Waals surface area (Å²) >= 11 is 2.90. The van der Waals surface area contributed by atoms with Gasteiger partial charge in [-0.25, -0.2) is 4.39 Å². The van der Waals surface area contributed by atoms with Crippen LogP contribution >= 0.6 is 15.9 Å². The van der Waals surface area contributed by atoms with Gasteiger partial charge in [0.25, 0.3) is 0 Å². The van der Waals surface area contributed by atoms with Gasteiger partial charge in [0, 0.05) is 6.07 Å². The highest BCUT2D eigenvalue weighted by Crippen LogP contribution is 2.32. The lowest BCUT2D eigenvalue weighted by molar-refractivity contribution is -0.0504. The number of benzene rings is 1. The van der Waals surface area contributed by atoms with Gasteiger partial charge in [-0.1, -0.05) is 0 Å². The zero-order valence-corrected chi connectivity index (χ0v) is 11.6. The van der Waals surface area contributed by atoms with E-state index in [0.717, 1.165) is 6.07 Å². The number of rotatable bonds is 4. The first kappa shape index (κ1) is 16.4. The van der Waals surface area contributed by atoms with Gasteiger partial charge in [-0.05, 0) is 22.0 Å². The highest BCUT2D eigenvalue weighted by atomic mass is 79.9. The van der Waals surface area contributed by atoms with Crippen molar-refractivity contribution in [2.24, 2.45) is 0 Å². The number of nitrogens with zero attached hydrogens (tertiary/aromatic N) is 3. The molecule has 0 saturated carbocycles. The number of alkyl halides is 2. The third kappa shape index (κ3) is 4.13. The van der Waals surface area contributed by atoms with Crippen molar-refractivity contribution in [3.8, 4) is 24.0 Å². The highest BCUT2D eigenvalue weighted by molar-refractivity contribution is 9.10.